The molecule has 0 saturated heterocycles. The lowest BCUT2D eigenvalue weighted by Gasteiger charge is -2.20. The normalized spacial score (nSPS) is 14.2. The molecular weight excluding hydrogens is 659 g/mol. The Morgan fingerprint density at radius 2 is 1.13 bits per heavy atom. The van der Waals surface area contributed by atoms with Crippen LogP contribution in [0.4, 0.5) is 0 Å². The van der Waals surface area contributed by atoms with Crippen molar-refractivity contribution in [2.45, 2.75) is 25.9 Å². The number of fused-ring (bicyclic) bond motifs is 9. The fraction of sp³-hybridized carbons (Fsp3) is 0.0800. The lowest BCUT2D eigenvalue weighted by molar-refractivity contribution is 0.596. The fourth-order valence-electron chi connectivity index (χ4n) is 9.18. The average molecular weight is 696 g/mol. The Bertz CT molecular complexity index is 2860. The van der Waals surface area contributed by atoms with Gasteiger partial charge in [0.2, 0.25) is 0 Å². The van der Waals surface area contributed by atoms with Gasteiger partial charge in [-0.15, -0.1) is 0 Å². The lowest BCUT2D eigenvalue weighted by Crippen LogP contribution is -2.49. The number of benzene rings is 7. The van der Waals surface area contributed by atoms with E-state index in [4.69, 9.17) is 4.42 Å². The van der Waals surface area contributed by atoms with Crippen molar-refractivity contribution in [1.82, 2.24) is 4.57 Å². The van der Waals surface area contributed by atoms with Crippen LogP contribution in [0, 0.1) is 0 Å². The second-order valence-electron chi connectivity index (χ2n) is 15.2. The van der Waals surface area contributed by atoms with Crippen LogP contribution in [0.2, 0.25) is 13.1 Å². The van der Waals surface area contributed by atoms with E-state index in [-0.39, 0.29) is 0 Å². The smallest absolute Gasteiger partial charge is 0.142 e. The summed E-state index contributed by atoms with van der Waals surface area (Å²) in [6, 6.07) is 56.4. The van der Waals surface area contributed by atoms with E-state index in [2.05, 4.69) is 181 Å². The van der Waals surface area contributed by atoms with Gasteiger partial charge in [-0.1, -0.05) is 134 Å². The number of para-hydroxylation sites is 1. The molecule has 2 aliphatic rings. The molecule has 2 nitrogen and oxygen atoms in total. The zero-order chi connectivity index (χ0) is 35.3. The number of hydrogen-bond donors (Lipinski definition) is 0. The maximum atomic E-state index is 6.52. The summed E-state index contributed by atoms with van der Waals surface area (Å²) in [6.07, 6.45) is 6.49. The third kappa shape index (κ3) is 4.57. The van der Waals surface area contributed by atoms with Gasteiger partial charge in [-0.25, -0.2) is 0 Å². The zero-order valence-electron chi connectivity index (χ0n) is 29.9. The van der Waals surface area contributed by atoms with E-state index >= 15 is 0 Å². The molecule has 0 saturated carbocycles. The molecule has 0 bridgehead atoms. The highest BCUT2D eigenvalue weighted by Crippen LogP contribution is 2.41. The van der Waals surface area contributed by atoms with Crippen molar-refractivity contribution in [3.05, 3.63) is 169 Å². The van der Waals surface area contributed by atoms with Gasteiger partial charge in [-0.2, -0.15) is 0 Å². The predicted octanol–water partition coefficient (Wildman–Crippen LogP) is 12.3. The first kappa shape index (κ1) is 30.5. The zero-order valence-corrected chi connectivity index (χ0v) is 30.9. The van der Waals surface area contributed by atoms with Crippen LogP contribution in [0.5, 0.6) is 0 Å². The first-order valence-electron chi connectivity index (χ1n) is 18.7. The van der Waals surface area contributed by atoms with E-state index < -0.39 is 8.07 Å². The second kappa shape index (κ2) is 11.4. The highest BCUT2D eigenvalue weighted by molar-refractivity contribution is 7.03. The third-order valence-corrected chi connectivity index (χ3v) is 15.4. The molecule has 0 spiro atoms. The maximum Gasteiger partial charge on any atom is 0.142 e. The Morgan fingerprint density at radius 1 is 0.509 bits per heavy atom. The number of aromatic nitrogens is 1. The Morgan fingerprint density at radius 3 is 1.81 bits per heavy atom. The van der Waals surface area contributed by atoms with Gasteiger partial charge in [-0.3, -0.25) is 0 Å². The Hall–Kier alpha value is -6.16. The summed E-state index contributed by atoms with van der Waals surface area (Å²) in [7, 11) is -2.06. The monoisotopic (exact) mass is 695 g/mol. The maximum absolute atomic E-state index is 6.52. The predicted molar refractivity (Wildman–Crippen MR) is 226 cm³/mol. The second-order valence-corrected chi connectivity index (χ2v) is 19.5. The molecule has 0 amide bonds. The first-order valence-corrected chi connectivity index (χ1v) is 21.7. The number of furan rings is 1. The Kier molecular flexibility index (Phi) is 6.56. The van der Waals surface area contributed by atoms with Crippen molar-refractivity contribution in [1.29, 1.82) is 0 Å². The Balaban J connectivity index is 1.06. The summed E-state index contributed by atoms with van der Waals surface area (Å²) in [5.41, 5.74) is 16.1. The van der Waals surface area contributed by atoms with Gasteiger partial charge >= 0.3 is 0 Å². The number of hydrogen-bond acceptors (Lipinski definition) is 1. The molecule has 1 aliphatic carbocycles. The summed E-state index contributed by atoms with van der Waals surface area (Å²) in [4.78, 5) is 0. The summed E-state index contributed by atoms with van der Waals surface area (Å²) >= 11 is 0. The van der Waals surface area contributed by atoms with E-state index in [1.54, 1.807) is 0 Å². The van der Waals surface area contributed by atoms with Crippen LogP contribution in [-0.4, -0.2) is 12.6 Å². The molecule has 3 heteroatoms. The minimum atomic E-state index is -2.06. The molecule has 9 aromatic rings. The third-order valence-electron chi connectivity index (χ3n) is 11.9. The molecule has 0 N–H and O–H groups in total. The Labute approximate surface area is 310 Å². The van der Waals surface area contributed by atoms with Crippen LogP contribution in [0.1, 0.15) is 17.7 Å². The van der Waals surface area contributed by atoms with E-state index in [1.807, 2.05) is 0 Å². The van der Waals surface area contributed by atoms with Crippen LogP contribution in [0.15, 0.2) is 162 Å². The van der Waals surface area contributed by atoms with Gasteiger partial charge in [0.05, 0.1) is 11.0 Å². The van der Waals surface area contributed by atoms with Crippen LogP contribution < -0.4 is 10.4 Å². The molecule has 0 fully saturated rings. The van der Waals surface area contributed by atoms with Gasteiger partial charge < -0.3 is 8.98 Å². The number of nitrogens with zero attached hydrogens (tertiary/aromatic N) is 1. The van der Waals surface area contributed by atoms with Gasteiger partial charge in [-0.05, 0) is 105 Å². The lowest BCUT2D eigenvalue weighted by atomic mass is 9.96. The summed E-state index contributed by atoms with van der Waals surface area (Å²) in [5.74, 6) is 1.02. The molecular formula is C50H37NOSi. The van der Waals surface area contributed by atoms with Crippen molar-refractivity contribution in [2.75, 3.05) is 0 Å². The number of aryl methyl sites for hydroxylation is 1. The van der Waals surface area contributed by atoms with Gasteiger partial charge in [0.15, 0.2) is 0 Å². The van der Waals surface area contributed by atoms with Crippen molar-refractivity contribution >= 4 is 57.3 Å². The van der Waals surface area contributed by atoms with Crippen LogP contribution in [-0.2, 0) is 6.42 Å². The first-order chi connectivity index (χ1) is 26.0. The fourth-order valence-corrected chi connectivity index (χ4v) is 12.3. The van der Waals surface area contributed by atoms with Gasteiger partial charge in [0, 0.05) is 33.0 Å². The van der Waals surface area contributed by atoms with Gasteiger partial charge in [0.1, 0.15) is 19.4 Å². The number of allylic oxidation sites excluding steroid dienone is 1. The molecule has 3 heterocycles. The molecule has 1 aliphatic heterocycles. The van der Waals surface area contributed by atoms with Crippen LogP contribution in [0.3, 0.4) is 0 Å². The average Bonchev–Trinajstić information content (AvgIpc) is 3.83. The SMILES string of the molecule is C[Si]1(C)c2cc(-c3cccc4c5c(oc34)C=CCC5)ccc2-c2ccc(-n3c4ccc(-c5ccccc5)cc4c4cc(-c5ccccc5)ccc43)cc21. The molecule has 53 heavy (non-hydrogen) atoms. The highest BCUT2D eigenvalue weighted by Gasteiger charge is 2.38. The van der Waals surface area contributed by atoms with E-state index in [9.17, 15) is 0 Å². The van der Waals surface area contributed by atoms with Crippen molar-refractivity contribution in [2.24, 2.45) is 0 Å². The summed E-state index contributed by atoms with van der Waals surface area (Å²) in [6.45, 7) is 5.04. The minimum Gasteiger partial charge on any atom is -0.456 e. The molecule has 2 aromatic heterocycles. The summed E-state index contributed by atoms with van der Waals surface area (Å²) in [5, 5.41) is 6.79. The molecule has 0 unspecified atom stereocenters. The standard InChI is InChI=1S/C50H37NOSi/c1-53(2)48-30-36(38-17-11-18-42-39-16-9-10-19-47(39)52-50(38)42)20-24-40(48)41-25-23-37(31-49(41)53)51-45-26-21-34(32-12-5-3-6-13-32)28-43(45)44-29-35(22-27-46(44)51)33-14-7-4-8-15-33/h3-8,10-15,17-31H,9,16H2,1-2H3. The van der Waals surface area contributed by atoms with Crippen molar-refractivity contribution in [3.8, 4) is 50.2 Å². The highest BCUT2D eigenvalue weighted by atomic mass is 28.3. The quantitative estimate of drug-likeness (QED) is 0.168. The van der Waals surface area contributed by atoms with Gasteiger partial charge in [0.25, 0.3) is 0 Å². The largest absolute Gasteiger partial charge is 0.456 e. The molecule has 0 radical (unpaired) electrons. The molecule has 7 aromatic carbocycles. The molecule has 0 atom stereocenters. The van der Waals surface area contributed by atoms with Crippen LogP contribution >= 0.6 is 0 Å². The van der Waals surface area contributed by atoms with Crippen molar-refractivity contribution in [3.63, 3.8) is 0 Å². The van der Waals surface area contributed by atoms with E-state index in [1.165, 1.54) is 93.3 Å². The topological polar surface area (TPSA) is 18.1 Å². The number of rotatable bonds is 4. The van der Waals surface area contributed by atoms with E-state index in [0.717, 1.165) is 24.2 Å². The molecule has 11 rings (SSSR count). The summed E-state index contributed by atoms with van der Waals surface area (Å²) < 4.78 is 9.01. The van der Waals surface area contributed by atoms with Crippen LogP contribution in [0.25, 0.3) is 89.0 Å². The van der Waals surface area contributed by atoms with E-state index in [0.29, 0.717) is 0 Å². The minimum absolute atomic E-state index is 1.01. The molecule has 252 valence electrons. The van der Waals surface area contributed by atoms with Crippen molar-refractivity contribution < 1.29 is 4.42 Å².